The molecular weight excluding hydrogens is 320 g/mol. The van der Waals surface area contributed by atoms with E-state index in [1.54, 1.807) is 20.8 Å². The highest BCUT2D eigenvalue weighted by Gasteiger charge is 2.24. The molecule has 0 bridgehead atoms. The van der Waals surface area contributed by atoms with Crippen molar-refractivity contribution in [2.45, 2.75) is 38.7 Å². The molecule has 1 aromatic carbocycles. The zero-order valence-electron chi connectivity index (χ0n) is 13.7. The first kappa shape index (κ1) is 19.1. The third-order valence-electron chi connectivity index (χ3n) is 3.46. The fourth-order valence-corrected chi connectivity index (χ4v) is 3.46. The van der Waals surface area contributed by atoms with Gasteiger partial charge in [-0.3, -0.25) is 4.79 Å². The van der Waals surface area contributed by atoms with Crippen LogP contribution in [0.5, 0.6) is 0 Å². The first-order chi connectivity index (χ1) is 10.6. The molecule has 0 unspecified atom stereocenters. The lowest BCUT2D eigenvalue weighted by molar-refractivity contribution is -0.125. The molecule has 23 heavy (non-hydrogen) atoms. The summed E-state index contributed by atoms with van der Waals surface area (Å²) in [5.74, 6) is -1.56. The maximum atomic E-state index is 12.5. The highest BCUT2D eigenvalue weighted by atomic mass is 32.2. The number of nitrogens with two attached hydrogens (primary N) is 1. The quantitative estimate of drug-likeness (QED) is 0.746. The summed E-state index contributed by atoms with van der Waals surface area (Å²) >= 11 is 0. The Kier molecular flexibility index (Phi) is 6.28. The summed E-state index contributed by atoms with van der Waals surface area (Å²) in [6.07, 6.45) is -1.09. The predicted molar refractivity (Wildman–Crippen MR) is 85.4 cm³/mol. The van der Waals surface area contributed by atoms with E-state index in [1.807, 2.05) is 0 Å². The lowest BCUT2D eigenvalue weighted by atomic mass is 10.1. The van der Waals surface area contributed by atoms with Crippen LogP contribution in [0.2, 0.25) is 0 Å². The lowest BCUT2D eigenvalue weighted by Crippen LogP contribution is -2.31. The first-order valence-electron chi connectivity index (χ1n) is 7.26. The van der Waals surface area contributed by atoms with Crippen LogP contribution in [0.15, 0.2) is 23.1 Å². The third-order valence-corrected chi connectivity index (χ3v) is 5.50. The second-order valence-corrected chi connectivity index (χ2v) is 6.95. The van der Waals surface area contributed by atoms with Gasteiger partial charge >= 0.3 is 5.97 Å². The van der Waals surface area contributed by atoms with Crippen LogP contribution in [-0.4, -0.2) is 43.8 Å². The molecule has 0 radical (unpaired) electrons. The van der Waals surface area contributed by atoms with Crippen LogP contribution in [0.1, 0.15) is 36.7 Å². The number of carbonyl (C=O) groups is 2. The van der Waals surface area contributed by atoms with E-state index in [2.05, 4.69) is 0 Å². The van der Waals surface area contributed by atoms with Crippen molar-refractivity contribution in [3.05, 3.63) is 29.3 Å². The molecule has 0 saturated heterocycles. The maximum absolute atomic E-state index is 12.5. The van der Waals surface area contributed by atoms with Crippen LogP contribution in [-0.2, 0) is 19.6 Å². The number of amides is 1. The minimum Gasteiger partial charge on any atom is -0.449 e. The average Bonchev–Trinajstić information content (AvgIpc) is 2.48. The summed E-state index contributed by atoms with van der Waals surface area (Å²) in [5.41, 5.74) is 5.69. The van der Waals surface area contributed by atoms with Crippen LogP contribution >= 0.6 is 0 Å². The second kappa shape index (κ2) is 7.56. The monoisotopic (exact) mass is 342 g/mol. The molecule has 0 saturated carbocycles. The number of hydrogen-bond acceptors (Lipinski definition) is 5. The Balaban J connectivity index is 3.23. The Bertz CT molecular complexity index is 696. The van der Waals surface area contributed by atoms with Crippen molar-refractivity contribution < 1.29 is 22.7 Å². The Hall–Kier alpha value is -1.93. The fraction of sp³-hybridized carbons (Fsp3) is 0.467. The van der Waals surface area contributed by atoms with Gasteiger partial charge in [0.2, 0.25) is 10.0 Å². The molecule has 0 aromatic heterocycles. The van der Waals surface area contributed by atoms with E-state index in [1.165, 1.54) is 29.4 Å². The smallest absolute Gasteiger partial charge is 0.339 e. The van der Waals surface area contributed by atoms with E-state index < -0.39 is 28.0 Å². The van der Waals surface area contributed by atoms with Gasteiger partial charge in [-0.15, -0.1) is 0 Å². The molecule has 0 spiro atoms. The van der Waals surface area contributed by atoms with Crippen molar-refractivity contribution >= 4 is 21.9 Å². The average molecular weight is 342 g/mol. The standard InChI is InChI=1S/C15H22N2O5S/c1-5-17(6-2)23(20,21)12-8-7-10(3)13(9-12)15(19)22-11(4)14(16)18/h7-9,11H,5-6H2,1-4H3,(H2,16,18)/t11-/m0/s1. The molecule has 1 amide bonds. The fourth-order valence-electron chi connectivity index (χ4n) is 1.98. The molecule has 8 heteroatoms. The number of aryl methyl sites for hydroxylation is 1. The van der Waals surface area contributed by atoms with Gasteiger partial charge in [-0.2, -0.15) is 4.31 Å². The topological polar surface area (TPSA) is 107 Å². The Morgan fingerprint density at radius 1 is 1.26 bits per heavy atom. The molecule has 128 valence electrons. The number of hydrogen-bond donors (Lipinski definition) is 1. The number of benzene rings is 1. The van der Waals surface area contributed by atoms with E-state index in [0.29, 0.717) is 18.7 Å². The van der Waals surface area contributed by atoms with Gasteiger partial charge in [-0.25, -0.2) is 13.2 Å². The zero-order valence-corrected chi connectivity index (χ0v) is 14.5. The number of esters is 1. The van der Waals surface area contributed by atoms with E-state index in [9.17, 15) is 18.0 Å². The summed E-state index contributed by atoms with van der Waals surface area (Å²) in [4.78, 5) is 23.1. The first-order valence-corrected chi connectivity index (χ1v) is 8.70. The van der Waals surface area contributed by atoms with E-state index in [0.717, 1.165) is 0 Å². The van der Waals surface area contributed by atoms with Crippen molar-refractivity contribution in [3.8, 4) is 0 Å². The molecule has 7 nitrogen and oxygen atoms in total. The van der Waals surface area contributed by atoms with Gasteiger partial charge in [0.05, 0.1) is 10.5 Å². The second-order valence-electron chi connectivity index (χ2n) is 5.02. The van der Waals surface area contributed by atoms with Crippen molar-refractivity contribution in [1.29, 1.82) is 0 Å². The summed E-state index contributed by atoms with van der Waals surface area (Å²) in [6.45, 7) is 7.12. The van der Waals surface area contributed by atoms with Gasteiger partial charge in [-0.05, 0) is 31.5 Å². The van der Waals surface area contributed by atoms with Crippen LogP contribution in [0.4, 0.5) is 0 Å². The molecule has 0 heterocycles. The summed E-state index contributed by atoms with van der Waals surface area (Å²) in [5, 5.41) is 0. The van der Waals surface area contributed by atoms with Crippen LogP contribution in [0.25, 0.3) is 0 Å². The number of rotatable bonds is 7. The normalized spacial score (nSPS) is 12.9. The summed E-state index contributed by atoms with van der Waals surface area (Å²) in [6, 6.07) is 4.23. The molecule has 1 atom stereocenters. The van der Waals surface area contributed by atoms with Gasteiger partial charge in [-0.1, -0.05) is 19.9 Å². The number of sulfonamides is 1. The molecule has 0 fully saturated rings. The Morgan fingerprint density at radius 2 is 1.83 bits per heavy atom. The molecule has 0 aliphatic heterocycles. The molecule has 1 aromatic rings. The Morgan fingerprint density at radius 3 is 2.30 bits per heavy atom. The molecule has 1 rings (SSSR count). The van der Waals surface area contributed by atoms with Crippen molar-refractivity contribution in [3.63, 3.8) is 0 Å². The summed E-state index contributed by atoms with van der Waals surface area (Å²) < 4.78 is 31.2. The molecule has 0 aliphatic carbocycles. The molecule has 2 N–H and O–H groups in total. The van der Waals surface area contributed by atoms with Crippen molar-refractivity contribution in [2.75, 3.05) is 13.1 Å². The van der Waals surface area contributed by atoms with Crippen LogP contribution in [0.3, 0.4) is 0 Å². The molecular formula is C15H22N2O5S. The lowest BCUT2D eigenvalue weighted by Gasteiger charge is -2.19. The van der Waals surface area contributed by atoms with E-state index in [4.69, 9.17) is 10.5 Å². The third kappa shape index (κ3) is 4.29. The highest BCUT2D eigenvalue weighted by molar-refractivity contribution is 7.89. The maximum Gasteiger partial charge on any atom is 0.339 e. The number of nitrogens with zero attached hydrogens (tertiary/aromatic N) is 1. The van der Waals surface area contributed by atoms with Gasteiger partial charge < -0.3 is 10.5 Å². The van der Waals surface area contributed by atoms with Gasteiger partial charge in [0, 0.05) is 13.1 Å². The Labute approximate surface area is 136 Å². The highest BCUT2D eigenvalue weighted by Crippen LogP contribution is 2.20. The van der Waals surface area contributed by atoms with Gasteiger partial charge in [0.15, 0.2) is 6.10 Å². The minimum absolute atomic E-state index is 0.00507. The summed E-state index contributed by atoms with van der Waals surface area (Å²) in [7, 11) is -3.68. The van der Waals surface area contributed by atoms with E-state index >= 15 is 0 Å². The van der Waals surface area contributed by atoms with Crippen LogP contribution in [0, 0.1) is 6.92 Å². The minimum atomic E-state index is -3.68. The largest absolute Gasteiger partial charge is 0.449 e. The number of primary amides is 1. The van der Waals surface area contributed by atoms with E-state index in [-0.39, 0.29) is 10.5 Å². The van der Waals surface area contributed by atoms with Crippen molar-refractivity contribution in [1.82, 2.24) is 4.31 Å². The SMILES string of the molecule is CCN(CC)S(=O)(=O)c1ccc(C)c(C(=O)O[C@@H](C)C(N)=O)c1. The van der Waals surface area contributed by atoms with Crippen LogP contribution < -0.4 is 5.73 Å². The molecule has 0 aliphatic rings. The number of ether oxygens (including phenoxy) is 1. The predicted octanol–water partition coefficient (Wildman–Crippen LogP) is 1.06. The van der Waals surface area contributed by atoms with Gasteiger partial charge in [0.25, 0.3) is 5.91 Å². The van der Waals surface area contributed by atoms with Crippen molar-refractivity contribution in [2.24, 2.45) is 5.73 Å². The zero-order chi connectivity index (χ0) is 17.8. The number of carbonyl (C=O) groups excluding carboxylic acids is 2. The van der Waals surface area contributed by atoms with Gasteiger partial charge in [0.1, 0.15) is 0 Å².